The molecule has 0 N–H and O–H groups in total. The summed E-state index contributed by atoms with van der Waals surface area (Å²) >= 11 is 0. The van der Waals surface area contributed by atoms with Crippen molar-refractivity contribution in [3.63, 3.8) is 0 Å². The molecule has 0 saturated heterocycles. The van der Waals surface area contributed by atoms with Crippen LogP contribution in [0.5, 0.6) is 11.5 Å². The first kappa shape index (κ1) is 29.7. The summed E-state index contributed by atoms with van der Waals surface area (Å²) in [5.41, 5.74) is 0.910. The van der Waals surface area contributed by atoms with Crippen molar-refractivity contribution in [3.8, 4) is 11.5 Å². The minimum absolute atomic E-state index is 0.102. The van der Waals surface area contributed by atoms with Gasteiger partial charge in [0.05, 0.1) is 14.2 Å². The second-order valence-electron chi connectivity index (χ2n) is 9.31. The van der Waals surface area contributed by atoms with E-state index in [1.165, 1.54) is 40.2 Å². The summed E-state index contributed by atoms with van der Waals surface area (Å²) in [7, 11) is 2.44. The Labute approximate surface area is 243 Å². The van der Waals surface area contributed by atoms with Gasteiger partial charge in [-0.2, -0.15) is 0 Å². The highest BCUT2D eigenvalue weighted by atomic mass is 16.5. The highest BCUT2D eigenvalue weighted by Gasteiger charge is 2.19. The third-order valence-corrected chi connectivity index (χ3v) is 6.61. The van der Waals surface area contributed by atoms with E-state index in [0.29, 0.717) is 22.6 Å². The lowest BCUT2D eigenvalue weighted by Gasteiger charge is -2.15. The summed E-state index contributed by atoms with van der Waals surface area (Å²) < 4.78 is 21.8. The van der Waals surface area contributed by atoms with E-state index in [-0.39, 0.29) is 24.4 Å². The van der Waals surface area contributed by atoms with Crippen LogP contribution >= 0.6 is 0 Å². The lowest BCUT2D eigenvalue weighted by molar-refractivity contribution is -0.138. The predicted octanol–water partition coefficient (Wildman–Crippen LogP) is 5.74. The Morgan fingerprint density at radius 3 is 1.31 bits per heavy atom. The van der Waals surface area contributed by atoms with Gasteiger partial charge in [0.2, 0.25) is 0 Å². The van der Waals surface area contributed by atoms with Crippen molar-refractivity contribution in [3.05, 3.63) is 95.1 Å². The van der Waals surface area contributed by atoms with Crippen molar-refractivity contribution in [2.75, 3.05) is 27.4 Å². The molecule has 0 amide bonds. The molecule has 0 bridgehead atoms. The maximum Gasteiger partial charge on any atom is 0.341 e. The number of hydrogen-bond acceptors (Lipinski definition) is 8. The lowest BCUT2D eigenvalue weighted by atomic mass is 10.00. The molecule has 0 heterocycles. The Kier molecular flexibility index (Phi) is 9.50. The molecule has 4 aromatic carbocycles. The minimum atomic E-state index is -0.738. The minimum Gasteiger partial charge on any atom is -0.489 e. The van der Waals surface area contributed by atoms with Gasteiger partial charge in [0.25, 0.3) is 0 Å². The van der Waals surface area contributed by atoms with E-state index in [1.807, 2.05) is 60.7 Å². The summed E-state index contributed by atoms with van der Waals surface area (Å²) in [6.45, 7) is 2.82. The zero-order valence-electron chi connectivity index (χ0n) is 23.8. The molecule has 0 aromatic heterocycles. The van der Waals surface area contributed by atoms with Gasteiger partial charge in [-0.3, -0.25) is 9.59 Å². The average molecular weight is 567 g/mol. The van der Waals surface area contributed by atoms with Gasteiger partial charge in [-0.1, -0.05) is 60.7 Å². The summed E-state index contributed by atoms with van der Waals surface area (Å²) in [5.74, 6) is -1.45. The third kappa shape index (κ3) is 6.55. The molecule has 0 aliphatic rings. The van der Waals surface area contributed by atoms with E-state index in [0.717, 1.165) is 21.5 Å². The fourth-order valence-corrected chi connectivity index (χ4v) is 4.52. The normalized spacial score (nSPS) is 11.7. The molecule has 0 aliphatic heterocycles. The Hall–Kier alpha value is -5.24. The van der Waals surface area contributed by atoms with Crippen molar-refractivity contribution in [1.82, 2.24) is 0 Å². The van der Waals surface area contributed by atoms with Crippen LogP contribution in [0.15, 0.2) is 83.9 Å². The van der Waals surface area contributed by atoms with Crippen LogP contribution in [-0.2, 0) is 28.7 Å². The van der Waals surface area contributed by atoms with Crippen molar-refractivity contribution in [1.29, 1.82) is 0 Å². The van der Waals surface area contributed by atoms with Crippen LogP contribution in [-0.4, -0.2) is 50.9 Å². The number of methoxy groups -OCH3 is 2. The number of hydrogen-bond donors (Lipinski definition) is 0. The molecule has 8 heteroatoms. The van der Waals surface area contributed by atoms with E-state index >= 15 is 0 Å². The van der Waals surface area contributed by atoms with Crippen molar-refractivity contribution >= 4 is 57.2 Å². The standard InChI is InChI=1S/C34H30O8/c1-21(35)27(33(37)39-3)19-29-25-11-7-5-9-23(25)13-15-31(29)41-17-18-42-32-16-14-24-10-6-8-12-26(24)30(32)20-28(22(2)36)34(38)40-4/h5-16,19-20H,17-18H2,1-4H3/b27-19-,28-20-. The van der Waals surface area contributed by atoms with E-state index < -0.39 is 23.5 Å². The van der Waals surface area contributed by atoms with Gasteiger partial charge in [0.1, 0.15) is 35.9 Å². The van der Waals surface area contributed by atoms with Crippen molar-refractivity contribution in [2.45, 2.75) is 13.8 Å². The second kappa shape index (κ2) is 13.4. The number of fused-ring (bicyclic) bond motifs is 2. The van der Waals surface area contributed by atoms with Crippen LogP contribution in [0, 0.1) is 0 Å². The first-order valence-electron chi connectivity index (χ1n) is 13.2. The maximum absolute atomic E-state index is 12.3. The predicted molar refractivity (Wildman–Crippen MR) is 160 cm³/mol. The van der Waals surface area contributed by atoms with Crippen LogP contribution in [0.4, 0.5) is 0 Å². The van der Waals surface area contributed by atoms with Gasteiger partial charge in [-0.25, -0.2) is 9.59 Å². The largest absolute Gasteiger partial charge is 0.489 e. The molecule has 0 saturated carbocycles. The van der Waals surface area contributed by atoms with Gasteiger partial charge >= 0.3 is 11.9 Å². The lowest BCUT2D eigenvalue weighted by Crippen LogP contribution is -2.13. The number of carbonyl (C=O) groups excluding carboxylic acids is 4. The zero-order valence-corrected chi connectivity index (χ0v) is 23.8. The van der Waals surface area contributed by atoms with E-state index in [1.54, 1.807) is 12.1 Å². The quantitative estimate of drug-likeness (QED) is 0.0744. The van der Waals surface area contributed by atoms with E-state index in [2.05, 4.69) is 0 Å². The molecule has 0 atom stereocenters. The molecule has 0 unspecified atom stereocenters. The number of carbonyl (C=O) groups is 4. The fourth-order valence-electron chi connectivity index (χ4n) is 4.52. The number of benzene rings is 4. The smallest absolute Gasteiger partial charge is 0.341 e. The molecule has 214 valence electrons. The molecule has 0 spiro atoms. The molecule has 0 radical (unpaired) electrons. The molecule has 0 aliphatic carbocycles. The van der Waals surface area contributed by atoms with Crippen LogP contribution in [0.2, 0.25) is 0 Å². The van der Waals surface area contributed by atoms with Crippen LogP contribution in [0.1, 0.15) is 25.0 Å². The Morgan fingerprint density at radius 2 is 0.952 bits per heavy atom. The van der Waals surface area contributed by atoms with E-state index in [4.69, 9.17) is 18.9 Å². The molecular weight excluding hydrogens is 536 g/mol. The molecule has 8 nitrogen and oxygen atoms in total. The van der Waals surface area contributed by atoms with Gasteiger partial charge in [0, 0.05) is 11.1 Å². The molecule has 0 fully saturated rings. The highest BCUT2D eigenvalue weighted by Crippen LogP contribution is 2.32. The topological polar surface area (TPSA) is 105 Å². The number of esters is 2. The molecule has 4 rings (SSSR count). The number of ketones is 2. The van der Waals surface area contributed by atoms with Gasteiger partial charge < -0.3 is 18.9 Å². The van der Waals surface area contributed by atoms with Crippen LogP contribution in [0.25, 0.3) is 33.7 Å². The molecule has 4 aromatic rings. The second-order valence-corrected chi connectivity index (χ2v) is 9.31. The van der Waals surface area contributed by atoms with Crippen LogP contribution in [0.3, 0.4) is 0 Å². The molecule has 42 heavy (non-hydrogen) atoms. The third-order valence-electron chi connectivity index (χ3n) is 6.61. The van der Waals surface area contributed by atoms with Crippen molar-refractivity contribution in [2.24, 2.45) is 0 Å². The summed E-state index contributed by atoms with van der Waals surface area (Å²) in [6, 6.07) is 22.4. The van der Waals surface area contributed by atoms with Crippen molar-refractivity contribution < 1.29 is 38.1 Å². The Bertz CT molecular complexity index is 1620. The fraction of sp³-hybridized carbons (Fsp3) is 0.176. The Balaban J connectivity index is 1.65. The van der Waals surface area contributed by atoms with E-state index in [9.17, 15) is 19.2 Å². The van der Waals surface area contributed by atoms with Gasteiger partial charge in [-0.15, -0.1) is 0 Å². The van der Waals surface area contributed by atoms with Gasteiger partial charge in [-0.05, 0) is 59.7 Å². The average Bonchev–Trinajstić information content (AvgIpc) is 3.00. The van der Waals surface area contributed by atoms with Crippen LogP contribution < -0.4 is 9.47 Å². The summed E-state index contributed by atoms with van der Waals surface area (Å²) in [5, 5.41) is 3.39. The number of rotatable bonds is 11. The SMILES string of the molecule is COC(=O)/C(=C\c1c(OCCOc2ccc3ccccc3c2/C=C(/C(C)=O)C(=O)OC)ccc2ccccc12)C(C)=O. The summed E-state index contributed by atoms with van der Waals surface area (Å²) in [6.07, 6.45) is 2.96. The first-order chi connectivity index (χ1) is 20.2. The zero-order chi connectivity index (χ0) is 30.2. The highest BCUT2D eigenvalue weighted by molar-refractivity contribution is 6.21. The Morgan fingerprint density at radius 1 is 0.571 bits per heavy atom. The summed E-state index contributed by atoms with van der Waals surface area (Å²) in [4.78, 5) is 49.1. The first-order valence-corrected chi connectivity index (χ1v) is 13.2. The maximum atomic E-state index is 12.3. The number of ether oxygens (including phenoxy) is 4. The van der Waals surface area contributed by atoms with Gasteiger partial charge in [0.15, 0.2) is 11.6 Å². The monoisotopic (exact) mass is 566 g/mol. The molecular formula is C34H30O8. The number of Topliss-reactive ketones (excluding diaryl/α,β-unsaturated/α-hetero) is 2.